The number of carbonyl (C=O) groups is 1. The average Bonchev–Trinajstić information content (AvgIpc) is 1.90. The van der Waals surface area contributed by atoms with E-state index in [1.54, 1.807) is 12.2 Å². The number of allylic oxidation sites excluding steroid dienone is 2. The smallest absolute Gasteiger partial charge is 0.544 e. The first-order chi connectivity index (χ1) is 4.30. The summed E-state index contributed by atoms with van der Waals surface area (Å²) in [7, 11) is 0. The molecule has 1 heterocycles. The largest absolute Gasteiger partial charge is 1.00 e. The number of carbonyl (C=O) groups excluding carboxylic acids is 1. The van der Waals surface area contributed by atoms with E-state index in [0.29, 0.717) is 4.91 Å². The summed E-state index contributed by atoms with van der Waals surface area (Å²) in [5.41, 5.74) is 0. The van der Waals surface area contributed by atoms with Crippen LogP contribution in [0.5, 0.6) is 0 Å². The number of aliphatic carboxylic acids is 1. The molecule has 0 aromatic heterocycles. The Labute approximate surface area is 85.7 Å². The summed E-state index contributed by atoms with van der Waals surface area (Å²) < 4.78 is 0. The standard InChI is InChI=1S/C6H6O2S.Na/c7-6(8)5-3-1-2-4-9-5;/h1-3H,4H2,(H,7,8);/q;+1/p-1. The van der Waals surface area contributed by atoms with Crippen molar-refractivity contribution in [3.05, 3.63) is 23.1 Å². The monoisotopic (exact) mass is 164 g/mol. The normalized spacial score (nSPS) is 15.4. The quantitative estimate of drug-likeness (QED) is 0.386. The van der Waals surface area contributed by atoms with Crippen molar-refractivity contribution in [2.45, 2.75) is 0 Å². The van der Waals surface area contributed by atoms with E-state index in [-0.39, 0.29) is 29.6 Å². The molecular formula is C6H5NaO2S. The third kappa shape index (κ3) is 2.92. The third-order valence-corrected chi connectivity index (χ3v) is 1.89. The minimum absolute atomic E-state index is 0. The van der Waals surface area contributed by atoms with Gasteiger partial charge >= 0.3 is 29.6 Å². The van der Waals surface area contributed by atoms with Crippen LogP contribution in [0.3, 0.4) is 0 Å². The fourth-order valence-corrected chi connectivity index (χ4v) is 1.20. The van der Waals surface area contributed by atoms with Gasteiger partial charge in [-0.1, -0.05) is 12.2 Å². The Bertz CT molecular complexity index is 186. The maximum atomic E-state index is 10.1. The van der Waals surface area contributed by atoms with Gasteiger partial charge in [0.2, 0.25) is 0 Å². The van der Waals surface area contributed by atoms with Gasteiger partial charge in [0, 0.05) is 10.7 Å². The number of rotatable bonds is 1. The Morgan fingerprint density at radius 3 is 2.70 bits per heavy atom. The fourth-order valence-electron chi connectivity index (χ4n) is 0.524. The van der Waals surface area contributed by atoms with Gasteiger partial charge in [-0.05, 0) is 6.08 Å². The van der Waals surface area contributed by atoms with Crippen LogP contribution in [-0.2, 0) is 4.79 Å². The SMILES string of the molecule is O=C([O-])C1=CC=CCS1.[Na+]. The summed E-state index contributed by atoms with van der Waals surface area (Å²) in [6.07, 6.45) is 5.17. The zero-order valence-electron chi connectivity index (χ0n) is 5.66. The van der Waals surface area contributed by atoms with Crippen LogP contribution in [-0.4, -0.2) is 11.7 Å². The Kier molecular flexibility index (Phi) is 5.17. The van der Waals surface area contributed by atoms with Crippen LogP contribution in [0.25, 0.3) is 0 Å². The molecule has 0 aromatic carbocycles. The van der Waals surface area contributed by atoms with E-state index in [1.165, 1.54) is 11.8 Å². The first-order valence-corrected chi connectivity index (χ1v) is 3.50. The van der Waals surface area contributed by atoms with Crippen LogP contribution in [0.4, 0.5) is 0 Å². The molecule has 2 nitrogen and oxygen atoms in total. The van der Waals surface area contributed by atoms with Gasteiger partial charge in [0.1, 0.15) is 0 Å². The van der Waals surface area contributed by atoms with Gasteiger partial charge in [-0.15, -0.1) is 11.8 Å². The summed E-state index contributed by atoms with van der Waals surface area (Å²) in [5, 5.41) is 10.1. The number of carboxylic acid groups (broad SMARTS) is 1. The van der Waals surface area contributed by atoms with Crippen molar-refractivity contribution in [2.24, 2.45) is 0 Å². The third-order valence-electron chi connectivity index (χ3n) is 0.920. The Balaban J connectivity index is 0.000000810. The zero-order chi connectivity index (χ0) is 6.69. The van der Waals surface area contributed by atoms with Crippen LogP contribution in [0, 0.1) is 0 Å². The van der Waals surface area contributed by atoms with Crippen molar-refractivity contribution in [3.8, 4) is 0 Å². The van der Waals surface area contributed by atoms with E-state index in [9.17, 15) is 9.90 Å². The molecule has 0 atom stereocenters. The molecule has 0 aliphatic carbocycles. The Morgan fingerprint density at radius 2 is 2.40 bits per heavy atom. The predicted octanol–water partition coefficient (Wildman–Crippen LogP) is -3.07. The molecule has 10 heavy (non-hydrogen) atoms. The van der Waals surface area contributed by atoms with Crippen LogP contribution >= 0.6 is 11.8 Å². The van der Waals surface area contributed by atoms with Gasteiger partial charge in [-0.2, -0.15) is 0 Å². The van der Waals surface area contributed by atoms with E-state index in [0.717, 1.165) is 5.75 Å². The first-order valence-electron chi connectivity index (χ1n) is 2.51. The second kappa shape index (κ2) is 5.02. The molecule has 48 valence electrons. The number of hydrogen-bond acceptors (Lipinski definition) is 3. The van der Waals surface area contributed by atoms with Crippen molar-refractivity contribution in [1.82, 2.24) is 0 Å². The molecule has 0 unspecified atom stereocenters. The molecule has 0 fully saturated rings. The van der Waals surface area contributed by atoms with Gasteiger partial charge in [-0.3, -0.25) is 0 Å². The van der Waals surface area contributed by atoms with E-state index in [4.69, 9.17) is 0 Å². The number of hydrogen-bond donors (Lipinski definition) is 0. The summed E-state index contributed by atoms with van der Waals surface area (Å²) >= 11 is 1.28. The van der Waals surface area contributed by atoms with Crippen LogP contribution in [0.2, 0.25) is 0 Å². The van der Waals surface area contributed by atoms with Gasteiger partial charge in [0.05, 0.1) is 5.97 Å². The second-order valence-corrected chi connectivity index (χ2v) is 2.62. The van der Waals surface area contributed by atoms with E-state index in [1.807, 2.05) is 6.08 Å². The fraction of sp³-hybridized carbons (Fsp3) is 0.167. The summed E-state index contributed by atoms with van der Waals surface area (Å²) in [6, 6.07) is 0. The summed E-state index contributed by atoms with van der Waals surface area (Å²) in [6.45, 7) is 0. The molecule has 0 spiro atoms. The molecule has 1 rings (SSSR count). The van der Waals surface area contributed by atoms with Crippen molar-refractivity contribution < 1.29 is 39.5 Å². The van der Waals surface area contributed by atoms with Crippen molar-refractivity contribution in [2.75, 3.05) is 5.75 Å². The summed E-state index contributed by atoms with van der Waals surface area (Å²) in [4.78, 5) is 10.4. The minimum atomic E-state index is -1.08. The molecule has 0 saturated heterocycles. The van der Waals surface area contributed by atoms with Crippen molar-refractivity contribution >= 4 is 17.7 Å². The van der Waals surface area contributed by atoms with Crippen molar-refractivity contribution in [3.63, 3.8) is 0 Å². The predicted molar refractivity (Wildman–Crippen MR) is 34.7 cm³/mol. The van der Waals surface area contributed by atoms with Crippen LogP contribution in [0.1, 0.15) is 0 Å². The first kappa shape index (κ1) is 10.3. The maximum Gasteiger partial charge on any atom is 1.00 e. The molecule has 0 saturated carbocycles. The molecule has 1 aliphatic heterocycles. The van der Waals surface area contributed by atoms with E-state index >= 15 is 0 Å². The Morgan fingerprint density at radius 1 is 1.70 bits per heavy atom. The molecule has 0 amide bonds. The molecular weight excluding hydrogens is 159 g/mol. The van der Waals surface area contributed by atoms with Crippen LogP contribution < -0.4 is 34.7 Å². The van der Waals surface area contributed by atoms with Gasteiger partial charge in [0.25, 0.3) is 0 Å². The molecule has 0 bridgehead atoms. The zero-order valence-corrected chi connectivity index (χ0v) is 8.48. The van der Waals surface area contributed by atoms with E-state index < -0.39 is 5.97 Å². The van der Waals surface area contributed by atoms with Gasteiger partial charge in [-0.25, -0.2) is 0 Å². The Hall–Kier alpha value is 0.300. The molecule has 1 aliphatic rings. The summed E-state index contributed by atoms with van der Waals surface area (Å²) in [5.74, 6) is -0.343. The molecule has 0 radical (unpaired) electrons. The number of carboxylic acids is 1. The average molecular weight is 164 g/mol. The van der Waals surface area contributed by atoms with E-state index in [2.05, 4.69) is 0 Å². The molecule has 0 aromatic rings. The molecule has 0 N–H and O–H groups in total. The number of thioether (sulfide) groups is 1. The minimum Gasteiger partial charge on any atom is -0.544 e. The second-order valence-electron chi connectivity index (χ2n) is 1.56. The molecule has 4 heteroatoms. The van der Waals surface area contributed by atoms with Gasteiger partial charge in [0.15, 0.2) is 0 Å². The topological polar surface area (TPSA) is 40.1 Å². The maximum absolute atomic E-state index is 10.1. The van der Waals surface area contributed by atoms with Crippen molar-refractivity contribution in [1.29, 1.82) is 0 Å². The van der Waals surface area contributed by atoms with Crippen LogP contribution in [0.15, 0.2) is 23.1 Å². The van der Waals surface area contributed by atoms with Gasteiger partial charge < -0.3 is 9.90 Å².